The normalized spacial score (nSPS) is 26.5. The molecular formula is C17H25NO3S. The summed E-state index contributed by atoms with van der Waals surface area (Å²) in [6.07, 6.45) is 6.68. The zero-order valence-corrected chi connectivity index (χ0v) is 14.2. The molecule has 5 heteroatoms. The van der Waals surface area contributed by atoms with Crippen LogP contribution >= 0.6 is 0 Å². The zero-order valence-electron chi connectivity index (χ0n) is 13.4. The van der Waals surface area contributed by atoms with E-state index in [1.807, 2.05) is 13.0 Å². The highest BCUT2D eigenvalue weighted by Gasteiger charge is 2.40. The van der Waals surface area contributed by atoms with Crippen molar-refractivity contribution in [1.82, 2.24) is 4.31 Å². The molecule has 1 saturated carbocycles. The van der Waals surface area contributed by atoms with Crippen LogP contribution in [0, 0.1) is 12.8 Å². The van der Waals surface area contributed by atoms with E-state index in [4.69, 9.17) is 4.74 Å². The molecule has 1 saturated heterocycles. The van der Waals surface area contributed by atoms with Gasteiger partial charge in [-0.05, 0) is 56.2 Å². The molecule has 1 aliphatic heterocycles. The van der Waals surface area contributed by atoms with Crippen LogP contribution in [-0.2, 0) is 10.0 Å². The molecule has 22 heavy (non-hydrogen) atoms. The number of aryl methyl sites for hydroxylation is 1. The molecule has 2 atom stereocenters. The predicted octanol–water partition coefficient (Wildman–Crippen LogP) is 3.35. The van der Waals surface area contributed by atoms with Gasteiger partial charge in [0.15, 0.2) is 0 Å². The molecule has 0 amide bonds. The quantitative estimate of drug-likeness (QED) is 0.857. The highest BCUT2D eigenvalue weighted by molar-refractivity contribution is 7.89. The van der Waals surface area contributed by atoms with E-state index in [-0.39, 0.29) is 6.04 Å². The third kappa shape index (κ3) is 2.76. The van der Waals surface area contributed by atoms with E-state index in [0.29, 0.717) is 23.1 Å². The first-order valence-electron chi connectivity index (χ1n) is 8.20. The first-order valence-corrected chi connectivity index (χ1v) is 9.64. The van der Waals surface area contributed by atoms with Crippen LogP contribution in [0.4, 0.5) is 0 Å². The maximum Gasteiger partial charge on any atom is 0.247 e. The van der Waals surface area contributed by atoms with Crippen LogP contribution in [0.2, 0.25) is 0 Å². The Morgan fingerprint density at radius 3 is 2.64 bits per heavy atom. The van der Waals surface area contributed by atoms with Gasteiger partial charge in [0.05, 0.1) is 7.11 Å². The van der Waals surface area contributed by atoms with E-state index in [9.17, 15) is 8.42 Å². The summed E-state index contributed by atoms with van der Waals surface area (Å²) in [5.74, 6) is 0.983. The molecular weight excluding hydrogens is 298 g/mol. The lowest BCUT2D eigenvalue weighted by Crippen LogP contribution is -2.49. The van der Waals surface area contributed by atoms with Gasteiger partial charge in [-0.25, -0.2) is 8.42 Å². The molecule has 0 aromatic heterocycles. The molecule has 0 unspecified atom stereocenters. The van der Waals surface area contributed by atoms with Crippen molar-refractivity contribution < 1.29 is 13.2 Å². The Labute approximate surface area is 133 Å². The summed E-state index contributed by atoms with van der Waals surface area (Å²) in [5, 5.41) is 0. The Balaban J connectivity index is 2.00. The molecule has 2 aliphatic rings. The summed E-state index contributed by atoms with van der Waals surface area (Å²) in [5.41, 5.74) is 0.941. The molecule has 0 spiro atoms. The topological polar surface area (TPSA) is 46.6 Å². The van der Waals surface area contributed by atoms with E-state index in [0.717, 1.165) is 24.8 Å². The molecule has 1 aromatic carbocycles. The van der Waals surface area contributed by atoms with E-state index in [1.54, 1.807) is 16.4 Å². The highest BCUT2D eigenvalue weighted by atomic mass is 32.2. The van der Waals surface area contributed by atoms with Gasteiger partial charge < -0.3 is 4.74 Å². The smallest absolute Gasteiger partial charge is 0.247 e. The first-order chi connectivity index (χ1) is 10.5. The third-order valence-corrected chi connectivity index (χ3v) is 7.04. The zero-order chi connectivity index (χ0) is 15.7. The van der Waals surface area contributed by atoms with Crippen LogP contribution in [0.25, 0.3) is 0 Å². The Hall–Kier alpha value is -1.07. The van der Waals surface area contributed by atoms with Crippen molar-refractivity contribution in [2.45, 2.75) is 56.4 Å². The van der Waals surface area contributed by atoms with Crippen molar-refractivity contribution >= 4 is 10.0 Å². The van der Waals surface area contributed by atoms with Crippen molar-refractivity contribution in [2.75, 3.05) is 13.7 Å². The Morgan fingerprint density at radius 2 is 1.86 bits per heavy atom. The van der Waals surface area contributed by atoms with Crippen molar-refractivity contribution in [2.24, 2.45) is 5.92 Å². The number of ether oxygens (including phenoxy) is 1. The second kappa shape index (κ2) is 6.20. The van der Waals surface area contributed by atoms with Crippen molar-refractivity contribution in [1.29, 1.82) is 0 Å². The second-order valence-electron chi connectivity index (χ2n) is 6.52. The van der Waals surface area contributed by atoms with Crippen LogP contribution < -0.4 is 4.74 Å². The number of sulfonamides is 1. The van der Waals surface area contributed by atoms with E-state index in [1.165, 1.54) is 26.4 Å². The minimum Gasteiger partial charge on any atom is -0.495 e. The predicted molar refractivity (Wildman–Crippen MR) is 86.6 cm³/mol. The summed E-state index contributed by atoms with van der Waals surface area (Å²) in [6.45, 7) is 2.55. The molecule has 2 fully saturated rings. The molecule has 122 valence electrons. The monoisotopic (exact) mass is 323 g/mol. The number of fused-ring (bicyclic) bond motifs is 1. The molecule has 1 heterocycles. The number of hydrogen-bond donors (Lipinski definition) is 0. The van der Waals surface area contributed by atoms with Crippen molar-refractivity contribution in [3.63, 3.8) is 0 Å². The fourth-order valence-electron chi connectivity index (χ4n) is 3.99. The Kier molecular flexibility index (Phi) is 4.46. The molecule has 1 aromatic rings. The van der Waals surface area contributed by atoms with Gasteiger partial charge in [-0.3, -0.25) is 0 Å². The molecule has 4 nitrogen and oxygen atoms in total. The largest absolute Gasteiger partial charge is 0.495 e. The van der Waals surface area contributed by atoms with Gasteiger partial charge in [0.2, 0.25) is 10.0 Å². The molecule has 3 rings (SSSR count). The van der Waals surface area contributed by atoms with E-state index < -0.39 is 10.0 Å². The summed E-state index contributed by atoms with van der Waals surface area (Å²) < 4.78 is 33.5. The number of methoxy groups -OCH3 is 1. The maximum absolute atomic E-state index is 13.2. The minimum atomic E-state index is -3.49. The number of rotatable bonds is 3. The van der Waals surface area contributed by atoms with Gasteiger partial charge in [-0.2, -0.15) is 4.31 Å². The SMILES string of the molecule is COc1ccc(C)cc1S(=O)(=O)N1CCC[C@H]2CCCC[C@H]21. The van der Waals surface area contributed by atoms with Crippen LogP contribution in [0.5, 0.6) is 5.75 Å². The summed E-state index contributed by atoms with van der Waals surface area (Å²) in [7, 11) is -1.96. The summed E-state index contributed by atoms with van der Waals surface area (Å²) >= 11 is 0. The Morgan fingerprint density at radius 1 is 1.14 bits per heavy atom. The first kappa shape index (κ1) is 15.8. The fraction of sp³-hybridized carbons (Fsp3) is 0.647. The van der Waals surface area contributed by atoms with Crippen LogP contribution in [-0.4, -0.2) is 32.4 Å². The lowest BCUT2D eigenvalue weighted by Gasteiger charge is -2.43. The molecule has 0 N–H and O–H groups in total. The van der Waals surface area contributed by atoms with Gasteiger partial charge >= 0.3 is 0 Å². The summed E-state index contributed by atoms with van der Waals surface area (Å²) in [4.78, 5) is 0.321. The maximum atomic E-state index is 13.2. The van der Waals surface area contributed by atoms with Gasteiger partial charge in [0.1, 0.15) is 10.6 Å². The van der Waals surface area contributed by atoms with E-state index in [2.05, 4.69) is 0 Å². The lowest BCUT2D eigenvalue weighted by molar-refractivity contribution is 0.129. The highest BCUT2D eigenvalue weighted by Crippen LogP contribution is 2.39. The van der Waals surface area contributed by atoms with Crippen molar-refractivity contribution in [3.8, 4) is 5.75 Å². The van der Waals surface area contributed by atoms with Crippen molar-refractivity contribution in [3.05, 3.63) is 23.8 Å². The molecule has 1 aliphatic carbocycles. The van der Waals surface area contributed by atoms with Crippen LogP contribution in [0.1, 0.15) is 44.1 Å². The van der Waals surface area contributed by atoms with Crippen LogP contribution in [0.15, 0.2) is 23.1 Å². The number of nitrogens with zero attached hydrogens (tertiary/aromatic N) is 1. The standard InChI is InChI=1S/C17H25NO3S/c1-13-9-10-16(21-2)17(12-13)22(19,20)18-11-5-7-14-6-3-4-8-15(14)18/h9-10,12,14-15H,3-8,11H2,1-2H3/t14-,15-/m1/s1. The average Bonchev–Trinajstić information content (AvgIpc) is 2.54. The Bertz CT molecular complexity index is 639. The average molecular weight is 323 g/mol. The van der Waals surface area contributed by atoms with Gasteiger partial charge in [-0.1, -0.05) is 18.9 Å². The molecule has 0 radical (unpaired) electrons. The van der Waals surface area contributed by atoms with Gasteiger partial charge in [-0.15, -0.1) is 0 Å². The summed E-state index contributed by atoms with van der Waals surface area (Å²) in [6, 6.07) is 5.56. The third-order valence-electron chi connectivity index (χ3n) is 5.10. The molecule has 0 bridgehead atoms. The fourth-order valence-corrected chi connectivity index (χ4v) is 5.99. The number of piperidine rings is 1. The van der Waals surface area contributed by atoms with Gasteiger partial charge in [0, 0.05) is 12.6 Å². The second-order valence-corrected chi connectivity index (χ2v) is 8.38. The van der Waals surface area contributed by atoms with Gasteiger partial charge in [0.25, 0.3) is 0 Å². The number of hydrogen-bond acceptors (Lipinski definition) is 3. The minimum absolute atomic E-state index is 0.178. The van der Waals surface area contributed by atoms with E-state index >= 15 is 0 Å². The van der Waals surface area contributed by atoms with Crippen LogP contribution in [0.3, 0.4) is 0 Å². The lowest BCUT2D eigenvalue weighted by atomic mass is 9.79. The number of benzene rings is 1.